The van der Waals surface area contributed by atoms with E-state index in [-0.39, 0.29) is 6.54 Å². The van der Waals surface area contributed by atoms with Crippen molar-refractivity contribution in [3.05, 3.63) is 149 Å². The van der Waals surface area contributed by atoms with E-state index in [1.54, 1.807) is 24.3 Å². The van der Waals surface area contributed by atoms with Gasteiger partial charge in [-0.15, -0.1) is 5.92 Å². The second-order valence-electron chi connectivity index (χ2n) is 12.0. The van der Waals surface area contributed by atoms with Crippen molar-refractivity contribution in [2.24, 2.45) is 0 Å². The zero-order valence-corrected chi connectivity index (χ0v) is 30.6. The highest BCUT2D eigenvalue weighted by Gasteiger charge is 2.20. The number of aryl methyl sites for hydroxylation is 2. The molecule has 2 heterocycles. The Labute approximate surface area is 314 Å². The minimum absolute atomic E-state index is 0.0890. The molecule has 4 aromatic carbocycles. The number of hydrogen-bond acceptors (Lipinski definition) is 8. The smallest absolute Gasteiger partial charge is 0.416 e. The average Bonchev–Trinajstić information content (AvgIpc) is 3.76. The van der Waals surface area contributed by atoms with E-state index in [4.69, 9.17) is 18.3 Å². The number of oxazole rings is 2. The molecule has 2 aromatic heterocycles. The highest BCUT2D eigenvalue weighted by Crippen LogP contribution is 2.23. The van der Waals surface area contributed by atoms with Gasteiger partial charge in [0.15, 0.2) is 0 Å². The van der Waals surface area contributed by atoms with Crippen molar-refractivity contribution >= 4 is 18.1 Å². The van der Waals surface area contributed by atoms with Gasteiger partial charge in [0, 0.05) is 24.1 Å². The van der Waals surface area contributed by atoms with Gasteiger partial charge in [0.2, 0.25) is 11.8 Å². The molecule has 0 bridgehead atoms. The molecule has 0 saturated carbocycles. The van der Waals surface area contributed by atoms with Crippen molar-refractivity contribution in [1.82, 2.24) is 14.9 Å². The Morgan fingerprint density at radius 1 is 0.778 bits per heavy atom. The number of nitrogens with zero attached hydrogens (tertiary/aromatic N) is 3. The zero-order chi connectivity index (χ0) is 38.3. The summed E-state index contributed by atoms with van der Waals surface area (Å²) in [5.74, 6) is 8.55. The Morgan fingerprint density at radius 2 is 1.33 bits per heavy atom. The SMILES string of the molecule is CC#CCc1nc(-c2ccccc2)oc1C.COc1ccc(OC(=O)N(CC(=O)O)Cc2ccc(/C=C/Cc3nc(-c4ccccc4)oc3C)cc2)cc1. The molecule has 0 spiro atoms. The van der Waals surface area contributed by atoms with Crippen LogP contribution < -0.4 is 9.47 Å². The topological polar surface area (TPSA) is 128 Å². The lowest BCUT2D eigenvalue weighted by atomic mass is 10.1. The van der Waals surface area contributed by atoms with E-state index in [0.29, 0.717) is 36.1 Å². The number of ether oxygens (including phenoxy) is 2. The van der Waals surface area contributed by atoms with Gasteiger partial charge in [-0.05, 0) is 80.4 Å². The van der Waals surface area contributed by atoms with E-state index in [0.717, 1.165) is 50.1 Å². The van der Waals surface area contributed by atoms with E-state index >= 15 is 0 Å². The van der Waals surface area contributed by atoms with Crippen molar-refractivity contribution in [3.8, 4) is 46.2 Å². The van der Waals surface area contributed by atoms with Gasteiger partial charge in [0.25, 0.3) is 0 Å². The van der Waals surface area contributed by atoms with Gasteiger partial charge in [-0.1, -0.05) is 78.7 Å². The molecule has 0 radical (unpaired) electrons. The van der Waals surface area contributed by atoms with Crippen molar-refractivity contribution in [2.45, 2.75) is 40.2 Å². The number of carbonyl (C=O) groups excluding carboxylic acids is 1. The number of carbonyl (C=O) groups is 2. The third-order valence-electron chi connectivity index (χ3n) is 8.08. The van der Waals surface area contributed by atoms with Crippen LogP contribution in [0.2, 0.25) is 0 Å². The summed E-state index contributed by atoms with van der Waals surface area (Å²) >= 11 is 0. The van der Waals surface area contributed by atoms with Gasteiger partial charge < -0.3 is 23.4 Å². The lowest BCUT2D eigenvalue weighted by Crippen LogP contribution is -2.37. The molecule has 0 atom stereocenters. The van der Waals surface area contributed by atoms with E-state index in [9.17, 15) is 14.7 Å². The maximum absolute atomic E-state index is 12.7. The summed E-state index contributed by atoms with van der Waals surface area (Å²) in [5, 5.41) is 9.28. The lowest BCUT2D eigenvalue weighted by molar-refractivity contribution is -0.138. The molecule has 0 unspecified atom stereocenters. The number of allylic oxidation sites excluding steroid dienone is 1. The van der Waals surface area contributed by atoms with Gasteiger partial charge >= 0.3 is 12.1 Å². The van der Waals surface area contributed by atoms with Crippen LogP contribution in [0.1, 0.15) is 41.0 Å². The van der Waals surface area contributed by atoms with Crippen LogP contribution in [0.5, 0.6) is 11.5 Å². The molecule has 0 aliphatic rings. The van der Waals surface area contributed by atoms with E-state index in [2.05, 4.69) is 21.8 Å². The summed E-state index contributed by atoms with van der Waals surface area (Å²) in [6.07, 6.45) is 4.51. The molecular formula is C44H41N3O7. The number of carboxylic acid groups (broad SMARTS) is 1. The number of methoxy groups -OCH3 is 1. The van der Waals surface area contributed by atoms with Crippen LogP contribution in [-0.2, 0) is 24.2 Å². The summed E-state index contributed by atoms with van der Waals surface area (Å²) in [5.41, 5.74) is 5.47. The molecule has 0 aliphatic heterocycles. The quantitative estimate of drug-likeness (QED) is 0.123. The van der Waals surface area contributed by atoms with Crippen molar-refractivity contribution in [1.29, 1.82) is 0 Å². The fourth-order valence-electron chi connectivity index (χ4n) is 5.21. The summed E-state index contributed by atoms with van der Waals surface area (Å²) in [6, 6.07) is 33.7. The first kappa shape index (κ1) is 38.4. The molecule has 0 saturated heterocycles. The van der Waals surface area contributed by atoms with Crippen LogP contribution in [0.4, 0.5) is 4.79 Å². The summed E-state index contributed by atoms with van der Waals surface area (Å²) in [7, 11) is 1.54. The number of benzene rings is 4. The van der Waals surface area contributed by atoms with Crippen molar-refractivity contribution < 1.29 is 33.0 Å². The maximum Gasteiger partial charge on any atom is 0.416 e. The molecule has 0 fully saturated rings. The minimum Gasteiger partial charge on any atom is -0.497 e. The molecule has 274 valence electrons. The van der Waals surface area contributed by atoms with Crippen molar-refractivity contribution in [3.63, 3.8) is 0 Å². The number of rotatable bonds is 12. The molecule has 0 aliphatic carbocycles. The zero-order valence-electron chi connectivity index (χ0n) is 30.6. The second kappa shape index (κ2) is 19.1. The molecule has 1 N–H and O–H groups in total. The number of amides is 1. The Bertz CT molecular complexity index is 2210. The van der Waals surface area contributed by atoms with Crippen LogP contribution in [0, 0.1) is 25.7 Å². The highest BCUT2D eigenvalue weighted by molar-refractivity contribution is 5.78. The van der Waals surface area contributed by atoms with Gasteiger partial charge in [-0.2, -0.15) is 0 Å². The van der Waals surface area contributed by atoms with E-state index < -0.39 is 18.6 Å². The fraction of sp³-hybridized carbons (Fsp3) is 0.182. The molecule has 1 amide bonds. The number of aliphatic carboxylic acids is 1. The number of carboxylic acids is 1. The van der Waals surface area contributed by atoms with E-state index in [1.807, 2.05) is 118 Å². The summed E-state index contributed by atoms with van der Waals surface area (Å²) in [6.45, 7) is 5.25. The standard InChI is InChI=1S/C30H28N2O6.C14H13NO/c1-21-27(31-29(37-21)24-8-4-3-5-9-24)10-6-7-22-11-13-23(14-12-22)19-32(20-28(33)34)30(35)38-26-17-15-25(36-2)16-18-26;1-3-4-10-13-11(2)16-14(15-13)12-8-6-5-7-9-12/h3-9,11-18H,10,19-20H2,1-2H3,(H,33,34);5-9H,10H2,1-2H3/b7-6+;. The first-order valence-corrected chi connectivity index (χ1v) is 17.2. The highest BCUT2D eigenvalue weighted by atomic mass is 16.6. The van der Waals surface area contributed by atoms with Crippen LogP contribution in [0.3, 0.4) is 0 Å². The molecule has 6 aromatic rings. The third-order valence-corrected chi connectivity index (χ3v) is 8.08. The molecular weight excluding hydrogens is 682 g/mol. The van der Waals surface area contributed by atoms with Crippen molar-refractivity contribution in [2.75, 3.05) is 13.7 Å². The van der Waals surface area contributed by atoms with Gasteiger partial charge in [0.1, 0.15) is 29.6 Å². The Kier molecular flexibility index (Phi) is 13.6. The summed E-state index contributed by atoms with van der Waals surface area (Å²) in [4.78, 5) is 34.2. The number of hydrogen-bond donors (Lipinski definition) is 1. The molecule has 6 rings (SSSR count). The maximum atomic E-state index is 12.7. The van der Waals surface area contributed by atoms with Crippen LogP contribution in [0.15, 0.2) is 124 Å². The third kappa shape index (κ3) is 11.1. The Balaban J connectivity index is 0.000000291. The van der Waals surface area contributed by atoms with Gasteiger partial charge in [-0.3, -0.25) is 9.69 Å². The van der Waals surface area contributed by atoms with Gasteiger partial charge in [-0.25, -0.2) is 14.8 Å². The second-order valence-corrected chi connectivity index (χ2v) is 12.0. The summed E-state index contributed by atoms with van der Waals surface area (Å²) < 4.78 is 21.9. The fourth-order valence-corrected chi connectivity index (χ4v) is 5.21. The predicted octanol–water partition coefficient (Wildman–Crippen LogP) is 9.22. The van der Waals surface area contributed by atoms with Gasteiger partial charge in [0.05, 0.1) is 24.9 Å². The number of aromatic nitrogens is 2. The van der Waals surface area contributed by atoms with E-state index in [1.165, 1.54) is 7.11 Å². The first-order chi connectivity index (χ1) is 26.2. The van der Waals surface area contributed by atoms with Crippen LogP contribution in [0.25, 0.3) is 29.0 Å². The minimum atomic E-state index is -1.13. The molecule has 10 heteroatoms. The molecule has 10 nitrogen and oxygen atoms in total. The normalized spacial score (nSPS) is 10.5. The Hall–Kier alpha value is -6.86. The Morgan fingerprint density at radius 3 is 1.89 bits per heavy atom. The predicted molar refractivity (Wildman–Crippen MR) is 207 cm³/mol. The van der Waals surface area contributed by atoms with Crippen LogP contribution >= 0.6 is 0 Å². The monoisotopic (exact) mass is 723 g/mol. The van der Waals surface area contributed by atoms with Crippen LogP contribution in [-0.4, -0.2) is 45.7 Å². The first-order valence-electron chi connectivity index (χ1n) is 17.2. The largest absolute Gasteiger partial charge is 0.497 e. The molecule has 54 heavy (non-hydrogen) atoms. The lowest BCUT2D eigenvalue weighted by Gasteiger charge is -2.20. The average molecular weight is 724 g/mol.